The van der Waals surface area contributed by atoms with E-state index in [1.807, 2.05) is 0 Å². The van der Waals surface area contributed by atoms with Crippen molar-refractivity contribution in [2.45, 2.75) is 72.8 Å². The fraction of sp³-hybridized carbons (Fsp3) is 0.600. The summed E-state index contributed by atoms with van der Waals surface area (Å²) >= 11 is 0. The standard InChI is InChI=1S/C20H30FNO4/c1-13(2)16(21)14-10-9-11-15(12-14)22(17(23)25-19(3,4)5)18(24)26-20(6,7)8/h9-13,16H,1-8H3. The summed E-state index contributed by atoms with van der Waals surface area (Å²) in [5, 5.41) is 0. The molecule has 0 aliphatic heterocycles. The van der Waals surface area contributed by atoms with Crippen LogP contribution >= 0.6 is 0 Å². The molecule has 1 unspecified atom stereocenters. The molecule has 1 atom stereocenters. The summed E-state index contributed by atoms with van der Waals surface area (Å²) in [6.45, 7) is 13.7. The zero-order valence-corrected chi connectivity index (χ0v) is 16.9. The molecule has 0 aliphatic carbocycles. The second-order valence-electron chi connectivity index (χ2n) is 8.54. The van der Waals surface area contributed by atoms with E-state index in [1.165, 1.54) is 6.07 Å². The van der Waals surface area contributed by atoms with Crippen LogP contribution < -0.4 is 4.90 Å². The lowest BCUT2D eigenvalue weighted by molar-refractivity contribution is 0.0430. The Morgan fingerprint density at radius 1 is 0.962 bits per heavy atom. The largest absolute Gasteiger partial charge is 0.443 e. The molecular formula is C20H30FNO4. The van der Waals surface area contributed by atoms with Crippen LogP contribution in [0.4, 0.5) is 19.7 Å². The van der Waals surface area contributed by atoms with Gasteiger partial charge in [-0.2, -0.15) is 4.90 Å². The normalized spacial score (nSPS) is 13.3. The Bertz CT molecular complexity index is 616. The second kappa shape index (κ2) is 8.06. The zero-order chi connectivity index (χ0) is 20.3. The molecule has 1 rings (SSSR count). The summed E-state index contributed by atoms with van der Waals surface area (Å²) in [5.74, 6) is -0.234. The predicted molar refractivity (Wildman–Crippen MR) is 100 cm³/mol. The van der Waals surface area contributed by atoms with E-state index < -0.39 is 29.6 Å². The van der Waals surface area contributed by atoms with Gasteiger partial charge in [0.15, 0.2) is 0 Å². The molecule has 0 saturated carbocycles. The summed E-state index contributed by atoms with van der Waals surface area (Å²) in [6, 6.07) is 6.24. The highest BCUT2D eigenvalue weighted by Crippen LogP contribution is 2.30. The third kappa shape index (κ3) is 6.65. The predicted octanol–water partition coefficient (Wildman–Crippen LogP) is 6.03. The van der Waals surface area contributed by atoms with Crippen LogP contribution in [0, 0.1) is 5.92 Å². The van der Waals surface area contributed by atoms with Crippen LogP contribution in [0.3, 0.4) is 0 Å². The number of carbonyl (C=O) groups is 2. The minimum atomic E-state index is -1.21. The van der Waals surface area contributed by atoms with Gasteiger partial charge in [0, 0.05) is 0 Å². The van der Waals surface area contributed by atoms with Crippen molar-refractivity contribution in [3.05, 3.63) is 29.8 Å². The molecular weight excluding hydrogens is 337 g/mol. The zero-order valence-electron chi connectivity index (χ0n) is 16.9. The summed E-state index contributed by atoms with van der Waals surface area (Å²) < 4.78 is 25.1. The van der Waals surface area contributed by atoms with Crippen molar-refractivity contribution in [3.8, 4) is 0 Å². The van der Waals surface area contributed by atoms with Crippen molar-refractivity contribution in [3.63, 3.8) is 0 Å². The summed E-state index contributed by atoms with van der Waals surface area (Å²) in [6.07, 6.45) is -2.96. The number of halogens is 1. The molecule has 0 aromatic heterocycles. The molecule has 146 valence electrons. The Labute approximate surface area is 155 Å². The van der Waals surface area contributed by atoms with Gasteiger partial charge in [-0.3, -0.25) is 0 Å². The van der Waals surface area contributed by atoms with Gasteiger partial charge in [0.2, 0.25) is 0 Å². The molecule has 0 spiro atoms. The number of anilines is 1. The lowest BCUT2D eigenvalue weighted by Gasteiger charge is -2.29. The fourth-order valence-corrected chi connectivity index (χ4v) is 2.12. The maximum absolute atomic E-state index is 14.4. The molecule has 0 saturated heterocycles. The quantitative estimate of drug-likeness (QED) is 0.654. The average molecular weight is 367 g/mol. The summed E-state index contributed by atoms with van der Waals surface area (Å²) in [5.41, 5.74) is -1.01. The van der Waals surface area contributed by atoms with E-state index >= 15 is 0 Å². The van der Waals surface area contributed by atoms with Gasteiger partial charge < -0.3 is 9.47 Å². The van der Waals surface area contributed by atoms with Crippen molar-refractivity contribution in [2.75, 3.05) is 4.90 Å². The number of amides is 2. The van der Waals surface area contributed by atoms with Gasteiger partial charge in [0.25, 0.3) is 0 Å². The maximum Gasteiger partial charge on any atom is 0.424 e. The minimum absolute atomic E-state index is 0.203. The Morgan fingerprint density at radius 3 is 1.81 bits per heavy atom. The van der Waals surface area contributed by atoms with E-state index in [0.29, 0.717) is 5.56 Å². The highest BCUT2D eigenvalue weighted by atomic mass is 19.1. The lowest BCUT2D eigenvalue weighted by Crippen LogP contribution is -2.43. The van der Waals surface area contributed by atoms with Crippen LogP contribution in [0.25, 0.3) is 0 Å². The number of carbonyl (C=O) groups excluding carboxylic acids is 2. The maximum atomic E-state index is 14.4. The first-order valence-corrected chi connectivity index (χ1v) is 8.71. The fourth-order valence-electron chi connectivity index (χ4n) is 2.12. The number of ether oxygens (including phenoxy) is 2. The van der Waals surface area contributed by atoms with Crippen molar-refractivity contribution >= 4 is 17.9 Å². The number of imide groups is 1. The lowest BCUT2D eigenvalue weighted by atomic mass is 10.00. The molecule has 2 amide bonds. The first-order valence-electron chi connectivity index (χ1n) is 8.71. The molecule has 0 radical (unpaired) electrons. The van der Waals surface area contributed by atoms with Crippen molar-refractivity contribution in [1.82, 2.24) is 0 Å². The van der Waals surface area contributed by atoms with Crippen molar-refractivity contribution < 1.29 is 23.5 Å². The van der Waals surface area contributed by atoms with Crippen LogP contribution in [-0.2, 0) is 9.47 Å². The highest BCUT2D eigenvalue weighted by molar-refractivity contribution is 6.09. The number of nitrogens with zero attached hydrogens (tertiary/aromatic N) is 1. The number of hydrogen-bond donors (Lipinski definition) is 0. The van der Waals surface area contributed by atoms with Crippen LogP contribution in [-0.4, -0.2) is 23.4 Å². The Morgan fingerprint density at radius 2 is 1.42 bits per heavy atom. The SMILES string of the molecule is CC(C)C(F)c1cccc(N(C(=O)OC(C)(C)C)C(=O)OC(C)(C)C)c1. The van der Waals surface area contributed by atoms with E-state index in [1.54, 1.807) is 73.6 Å². The smallest absolute Gasteiger partial charge is 0.424 e. The van der Waals surface area contributed by atoms with Crippen LogP contribution in [0.15, 0.2) is 24.3 Å². The van der Waals surface area contributed by atoms with Gasteiger partial charge in [-0.25, -0.2) is 14.0 Å². The summed E-state index contributed by atoms with van der Waals surface area (Å²) in [4.78, 5) is 26.0. The molecule has 1 aromatic carbocycles. The second-order valence-corrected chi connectivity index (χ2v) is 8.54. The monoisotopic (exact) mass is 367 g/mol. The molecule has 0 aliphatic rings. The minimum Gasteiger partial charge on any atom is -0.443 e. The van der Waals surface area contributed by atoms with E-state index in [9.17, 15) is 14.0 Å². The molecule has 1 aromatic rings. The van der Waals surface area contributed by atoms with E-state index in [4.69, 9.17) is 9.47 Å². The number of benzene rings is 1. The third-order valence-electron chi connectivity index (χ3n) is 3.18. The van der Waals surface area contributed by atoms with Crippen molar-refractivity contribution in [1.29, 1.82) is 0 Å². The third-order valence-corrected chi connectivity index (χ3v) is 3.18. The highest BCUT2D eigenvalue weighted by Gasteiger charge is 2.33. The molecule has 0 N–H and O–H groups in total. The van der Waals surface area contributed by atoms with Crippen molar-refractivity contribution in [2.24, 2.45) is 5.92 Å². The number of hydrogen-bond acceptors (Lipinski definition) is 4. The molecule has 5 nitrogen and oxygen atoms in total. The number of rotatable bonds is 3. The Hall–Kier alpha value is -2.11. The van der Waals surface area contributed by atoms with E-state index in [0.717, 1.165) is 4.90 Å². The Kier molecular flexibility index (Phi) is 6.80. The van der Waals surface area contributed by atoms with Crippen LogP contribution in [0.2, 0.25) is 0 Å². The number of alkyl halides is 1. The van der Waals surface area contributed by atoms with Gasteiger partial charge in [0.1, 0.15) is 17.4 Å². The molecule has 6 heteroatoms. The summed E-state index contributed by atoms with van der Waals surface area (Å²) in [7, 11) is 0. The van der Waals surface area contributed by atoms with Gasteiger partial charge in [-0.1, -0.05) is 26.0 Å². The Balaban J connectivity index is 3.30. The molecule has 26 heavy (non-hydrogen) atoms. The van der Waals surface area contributed by atoms with Gasteiger partial charge >= 0.3 is 12.2 Å². The average Bonchev–Trinajstić information content (AvgIpc) is 2.42. The van der Waals surface area contributed by atoms with Gasteiger partial charge in [-0.15, -0.1) is 0 Å². The van der Waals surface area contributed by atoms with Gasteiger partial charge in [0.05, 0.1) is 5.69 Å². The molecule has 0 bridgehead atoms. The topological polar surface area (TPSA) is 55.8 Å². The first-order chi connectivity index (χ1) is 11.7. The van der Waals surface area contributed by atoms with E-state index in [-0.39, 0.29) is 11.6 Å². The van der Waals surface area contributed by atoms with E-state index in [2.05, 4.69) is 0 Å². The van der Waals surface area contributed by atoms with Gasteiger partial charge in [-0.05, 0) is 65.2 Å². The van der Waals surface area contributed by atoms with Crippen LogP contribution in [0.1, 0.15) is 67.1 Å². The molecule has 0 fully saturated rings. The van der Waals surface area contributed by atoms with Crippen LogP contribution in [0.5, 0.6) is 0 Å². The first kappa shape index (κ1) is 21.9. The molecule has 0 heterocycles.